The quantitative estimate of drug-likeness (QED) is 0.451. The highest BCUT2D eigenvalue weighted by Crippen LogP contribution is 2.31. The molecule has 0 atom stereocenters. The molecule has 0 aliphatic rings. The SMILES string of the molecule is FC(F)O[Si](F)(OC(F)(F)F)OC(F)(F)F. The van der Waals surface area contributed by atoms with E-state index in [9.17, 15) is 39.2 Å². The van der Waals surface area contributed by atoms with E-state index >= 15 is 0 Å². The summed E-state index contributed by atoms with van der Waals surface area (Å²) in [5.74, 6) is 0. The predicted molar refractivity (Wildman–Crippen MR) is 28.2 cm³/mol. The first kappa shape index (κ1) is 15.5. The zero-order valence-electron chi connectivity index (χ0n) is 6.70. The van der Waals surface area contributed by atoms with Gasteiger partial charge in [0, 0.05) is 0 Å². The number of hydrogen-bond acceptors (Lipinski definition) is 3. The number of alkyl halides is 8. The molecule has 0 aromatic rings. The fourth-order valence-corrected chi connectivity index (χ4v) is 1.36. The third-order valence-corrected chi connectivity index (χ3v) is 2.12. The first-order valence-electron chi connectivity index (χ1n) is 3.02. The maximum Gasteiger partial charge on any atom is 0.737 e. The van der Waals surface area contributed by atoms with Crippen LogP contribution in [0.2, 0.25) is 0 Å². The number of halogens is 9. The van der Waals surface area contributed by atoms with Gasteiger partial charge in [-0.3, -0.25) is 13.3 Å². The molecule has 0 rings (SSSR count). The Hall–Kier alpha value is -0.533. The molecule has 0 heterocycles. The maximum absolute atomic E-state index is 12.6. The Labute approximate surface area is 82.2 Å². The summed E-state index contributed by atoms with van der Waals surface area (Å²) in [4.78, 5) is 0. The van der Waals surface area contributed by atoms with E-state index in [1.807, 2.05) is 0 Å². The molecule has 16 heavy (non-hydrogen) atoms. The maximum atomic E-state index is 12.6. The average molecular weight is 284 g/mol. The number of rotatable bonds is 4. The van der Waals surface area contributed by atoms with Crippen molar-refractivity contribution in [2.24, 2.45) is 0 Å². The molecule has 0 unspecified atom stereocenters. The van der Waals surface area contributed by atoms with Crippen molar-refractivity contribution in [3.05, 3.63) is 0 Å². The van der Waals surface area contributed by atoms with Crippen molar-refractivity contribution in [1.29, 1.82) is 0 Å². The molecule has 0 amide bonds. The fraction of sp³-hybridized carbons (Fsp3) is 1.00. The Balaban J connectivity index is 4.75. The molecule has 0 fully saturated rings. The van der Waals surface area contributed by atoms with E-state index in [-0.39, 0.29) is 0 Å². The highest BCUT2D eigenvalue weighted by atomic mass is 28.4. The minimum absolute atomic E-state index is 2.14. The normalized spacial score (nSPS) is 14.6. The second-order valence-electron chi connectivity index (χ2n) is 1.96. The third kappa shape index (κ3) is 7.72. The van der Waals surface area contributed by atoms with Crippen LogP contribution in [0.4, 0.5) is 39.2 Å². The Kier molecular flexibility index (Phi) is 4.61. The van der Waals surface area contributed by atoms with Gasteiger partial charge in [0.25, 0.3) is 0 Å². The van der Waals surface area contributed by atoms with E-state index in [1.165, 1.54) is 0 Å². The molecular formula is C3HF9O3Si. The van der Waals surface area contributed by atoms with Crippen LogP contribution in [0.15, 0.2) is 0 Å². The summed E-state index contributed by atoms with van der Waals surface area (Å²) in [5.41, 5.74) is 0. The van der Waals surface area contributed by atoms with E-state index in [0.717, 1.165) is 0 Å². The summed E-state index contributed by atoms with van der Waals surface area (Å²) in [7, 11) is -7.08. The van der Waals surface area contributed by atoms with E-state index in [1.54, 1.807) is 0 Å². The Bertz CT molecular complexity index is 207. The van der Waals surface area contributed by atoms with Crippen molar-refractivity contribution in [1.82, 2.24) is 0 Å². The van der Waals surface area contributed by atoms with Gasteiger partial charge in [-0.2, -0.15) is 8.78 Å². The Morgan fingerprint density at radius 1 is 0.812 bits per heavy atom. The van der Waals surface area contributed by atoms with Gasteiger partial charge < -0.3 is 0 Å². The second-order valence-corrected chi connectivity index (χ2v) is 3.56. The molecule has 98 valence electrons. The first-order valence-corrected chi connectivity index (χ1v) is 4.62. The van der Waals surface area contributed by atoms with Gasteiger partial charge in [-0.15, -0.1) is 26.3 Å². The van der Waals surface area contributed by atoms with Crippen LogP contribution in [0, 0.1) is 0 Å². The molecule has 0 radical (unpaired) electrons. The highest BCUT2D eigenvalue weighted by Gasteiger charge is 2.62. The molecule has 3 nitrogen and oxygen atoms in total. The van der Waals surface area contributed by atoms with Crippen LogP contribution in [0.5, 0.6) is 0 Å². The van der Waals surface area contributed by atoms with E-state index in [2.05, 4.69) is 13.3 Å². The smallest absolute Gasteiger partial charge is 0.290 e. The van der Waals surface area contributed by atoms with E-state index in [4.69, 9.17) is 0 Å². The summed E-state index contributed by atoms with van der Waals surface area (Å²) < 4.78 is 110. The van der Waals surface area contributed by atoms with E-state index < -0.39 is 28.5 Å². The van der Waals surface area contributed by atoms with E-state index in [0.29, 0.717) is 0 Å². The summed E-state index contributed by atoms with van der Waals surface area (Å²) in [6.07, 6.45) is -11.9. The van der Waals surface area contributed by atoms with Crippen molar-refractivity contribution in [2.75, 3.05) is 0 Å². The number of hydrogen-bond donors (Lipinski definition) is 0. The fourth-order valence-electron chi connectivity index (χ4n) is 0.452. The Morgan fingerprint density at radius 3 is 1.31 bits per heavy atom. The Morgan fingerprint density at radius 2 is 1.12 bits per heavy atom. The van der Waals surface area contributed by atoms with Gasteiger partial charge in [0.15, 0.2) is 0 Å². The molecule has 0 aromatic heterocycles. The summed E-state index contributed by atoms with van der Waals surface area (Å²) in [6, 6.07) is 0. The predicted octanol–water partition coefficient (Wildman–Crippen LogP) is 2.70. The van der Waals surface area contributed by atoms with Crippen molar-refractivity contribution < 1.29 is 52.5 Å². The van der Waals surface area contributed by atoms with Gasteiger partial charge in [0.1, 0.15) is 0 Å². The molecule has 0 aliphatic carbocycles. The van der Waals surface area contributed by atoms with Gasteiger partial charge in [0.2, 0.25) is 0 Å². The molecule has 0 N–H and O–H groups in total. The van der Waals surface area contributed by atoms with Crippen molar-refractivity contribution in [3.8, 4) is 0 Å². The van der Waals surface area contributed by atoms with Crippen LogP contribution < -0.4 is 0 Å². The third-order valence-electron chi connectivity index (χ3n) is 0.705. The molecule has 0 aliphatic heterocycles. The molecule has 0 spiro atoms. The summed E-state index contributed by atoms with van der Waals surface area (Å²) in [5, 5.41) is 0. The van der Waals surface area contributed by atoms with Crippen LogP contribution in [0.1, 0.15) is 0 Å². The largest absolute Gasteiger partial charge is 0.737 e. The van der Waals surface area contributed by atoms with Gasteiger partial charge in [-0.25, -0.2) is 4.11 Å². The molecule has 0 saturated heterocycles. The van der Waals surface area contributed by atoms with Crippen LogP contribution in [0.3, 0.4) is 0 Å². The molecule has 0 aromatic carbocycles. The van der Waals surface area contributed by atoms with Crippen LogP contribution in [-0.4, -0.2) is 28.5 Å². The lowest BCUT2D eigenvalue weighted by atomic mass is 11.4. The lowest BCUT2D eigenvalue weighted by Crippen LogP contribution is -2.50. The van der Waals surface area contributed by atoms with Gasteiger partial charge in [0.05, 0.1) is 0 Å². The summed E-state index contributed by atoms with van der Waals surface area (Å²) >= 11 is 0. The van der Waals surface area contributed by atoms with Crippen molar-refractivity contribution in [2.45, 2.75) is 19.3 Å². The summed E-state index contributed by atoms with van der Waals surface area (Å²) in [6.45, 7) is -4.26. The van der Waals surface area contributed by atoms with Gasteiger partial charge in [-0.05, 0) is 0 Å². The second kappa shape index (κ2) is 4.76. The minimum Gasteiger partial charge on any atom is -0.290 e. The lowest BCUT2D eigenvalue weighted by molar-refractivity contribution is -0.350. The highest BCUT2D eigenvalue weighted by molar-refractivity contribution is 6.52. The van der Waals surface area contributed by atoms with Crippen molar-refractivity contribution >= 4 is 9.14 Å². The zero-order valence-corrected chi connectivity index (χ0v) is 7.70. The molecular weight excluding hydrogens is 283 g/mol. The van der Waals surface area contributed by atoms with Gasteiger partial charge >= 0.3 is 28.5 Å². The van der Waals surface area contributed by atoms with Crippen molar-refractivity contribution in [3.63, 3.8) is 0 Å². The molecule has 0 bridgehead atoms. The monoisotopic (exact) mass is 284 g/mol. The standard InChI is InChI=1S/C3HF9O3Si/c4-1(5)13-16(12,14-2(6,7)8)15-3(9,10)11/h1H. The molecule has 0 saturated carbocycles. The minimum atomic E-state index is -7.08. The van der Waals surface area contributed by atoms with Crippen LogP contribution in [-0.2, 0) is 13.3 Å². The van der Waals surface area contributed by atoms with Gasteiger partial charge in [-0.1, -0.05) is 0 Å². The van der Waals surface area contributed by atoms with Crippen LogP contribution in [0.25, 0.3) is 0 Å². The zero-order chi connectivity index (χ0) is 13.2. The molecule has 13 heteroatoms. The first-order chi connectivity index (χ1) is 6.83. The average Bonchev–Trinajstić information content (AvgIpc) is 1.69. The topological polar surface area (TPSA) is 27.7 Å². The lowest BCUT2D eigenvalue weighted by Gasteiger charge is -2.22. The van der Waals surface area contributed by atoms with Crippen LogP contribution >= 0.6 is 0 Å².